The molecule has 0 saturated heterocycles. The SMILES string of the molecule is CC(C)Oc1cnc2c(Nc3cc(F)c(F)c([C@@]4(C)N=C(N)S[C@@]5(C(F)F)C[C@@H]45)c3)nccc2n1. The molecule has 0 bridgehead atoms. The number of rotatable bonds is 6. The molecule has 3 atom stereocenters. The minimum Gasteiger partial charge on any atom is -0.474 e. The van der Waals surface area contributed by atoms with Gasteiger partial charge in [-0.1, -0.05) is 11.8 Å². The third-order valence-corrected chi connectivity index (χ3v) is 7.58. The minimum absolute atomic E-state index is 0.0786. The van der Waals surface area contributed by atoms with E-state index in [0.29, 0.717) is 16.9 Å². The molecule has 5 rings (SSSR count). The van der Waals surface area contributed by atoms with Gasteiger partial charge >= 0.3 is 0 Å². The molecule has 3 N–H and O–H groups in total. The van der Waals surface area contributed by atoms with E-state index in [1.165, 1.54) is 25.4 Å². The van der Waals surface area contributed by atoms with E-state index >= 15 is 4.39 Å². The van der Waals surface area contributed by atoms with Gasteiger partial charge in [-0.3, -0.25) is 4.99 Å². The Bertz CT molecular complexity index is 1360. The van der Waals surface area contributed by atoms with Crippen molar-refractivity contribution in [2.45, 2.75) is 50.0 Å². The van der Waals surface area contributed by atoms with E-state index in [1.807, 2.05) is 13.8 Å². The minimum atomic E-state index is -2.68. The number of amidine groups is 1. The van der Waals surface area contributed by atoms with Crippen molar-refractivity contribution in [1.82, 2.24) is 15.0 Å². The summed E-state index contributed by atoms with van der Waals surface area (Å²) in [7, 11) is 0. The Kier molecular flexibility index (Phi) is 5.53. The zero-order chi connectivity index (χ0) is 25.1. The number of anilines is 2. The molecule has 0 unspecified atom stereocenters. The van der Waals surface area contributed by atoms with E-state index in [1.54, 1.807) is 6.07 Å². The quantitative estimate of drug-likeness (QED) is 0.447. The number of nitrogens with two attached hydrogens (primary N) is 1. The highest BCUT2D eigenvalue weighted by molar-refractivity contribution is 8.15. The summed E-state index contributed by atoms with van der Waals surface area (Å²) >= 11 is 0.801. The molecular formula is C23H22F4N6OS. The Morgan fingerprint density at radius 3 is 2.71 bits per heavy atom. The van der Waals surface area contributed by atoms with Gasteiger partial charge in [-0.25, -0.2) is 32.5 Å². The fourth-order valence-electron chi connectivity index (χ4n) is 4.59. The first-order valence-corrected chi connectivity index (χ1v) is 11.7. The lowest BCUT2D eigenvalue weighted by Crippen LogP contribution is -2.39. The lowest BCUT2D eigenvalue weighted by molar-refractivity contribution is 0.123. The Balaban J connectivity index is 1.54. The molecule has 3 heterocycles. The van der Waals surface area contributed by atoms with Crippen LogP contribution in [-0.2, 0) is 5.54 Å². The van der Waals surface area contributed by atoms with E-state index in [-0.39, 0.29) is 34.8 Å². The first-order chi connectivity index (χ1) is 16.5. The molecule has 1 saturated carbocycles. The fraction of sp³-hybridized carbons (Fsp3) is 0.391. The highest BCUT2D eigenvalue weighted by atomic mass is 32.2. The van der Waals surface area contributed by atoms with Crippen molar-refractivity contribution in [2.24, 2.45) is 16.6 Å². The number of benzene rings is 1. The lowest BCUT2D eigenvalue weighted by Gasteiger charge is -2.34. The van der Waals surface area contributed by atoms with Crippen LogP contribution in [0.25, 0.3) is 11.0 Å². The van der Waals surface area contributed by atoms with Crippen LogP contribution < -0.4 is 15.8 Å². The van der Waals surface area contributed by atoms with Gasteiger partial charge in [0.05, 0.1) is 28.1 Å². The van der Waals surface area contributed by atoms with Crippen LogP contribution >= 0.6 is 11.8 Å². The molecule has 0 amide bonds. The summed E-state index contributed by atoms with van der Waals surface area (Å²) in [4.78, 5) is 17.3. The van der Waals surface area contributed by atoms with E-state index in [2.05, 4.69) is 25.3 Å². The molecule has 0 spiro atoms. The van der Waals surface area contributed by atoms with Gasteiger partial charge in [0.1, 0.15) is 5.52 Å². The number of nitrogens with zero attached hydrogens (tertiary/aromatic N) is 4. The summed E-state index contributed by atoms with van der Waals surface area (Å²) in [5.74, 6) is -2.41. The van der Waals surface area contributed by atoms with Gasteiger partial charge in [-0.15, -0.1) is 0 Å². The van der Waals surface area contributed by atoms with Crippen LogP contribution in [0.15, 0.2) is 35.6 Å². The number of pyridine rings is 1. The molecule has 7 nitrogen and oxygen atoms in total. The fourth-order valence-corrected chi connectivity index (χ4v) is 5.93. The number of fused-ring (bicyclic) bond motifs is 2. The monoisotopic (exact) mass is 506 g/mol. The second kappa shape index (κ2) is 8.21. The average molecular weight is 507 g/mol. The van der Waals surface area contributed by atoms with Crippen molar-refractivity contribution < 1.29 is 22.3 Å². The molecule has 1 aliphatic carbocycles. The van der Waals surface area contributed by atoms with Crippen molar-refractivity contribution in [2.75, 3.05) is 5.32 Å². The van der Waals surface area contributed by atoms with Crippen LogP contribution in [0.4, 0.5) is 29.1 Å². The smallest absolute Gasteiger partial charge is 0.253 e. The summed E-state index contributed by atoms with van der Waals surface area (Å²) in [6.07, 6.45) is 0.263. The molecular weight excluding hydrogens is 484 g/mol. The predicted molar refractivity (Wildman–Crippen MR) is 126 cm³/mol. The molecule has 12 heteroatoms. The Morgan fingerprint density at radius 1 is 1.23 bits per heavy atom. The Labute approximate surface area is 202 Å². The van der Waals surface area contributed by atoms with E-state index in [4.69, 9.17) is 10.5 Å². The number of alkyl halides is 2. The third-order valence-electron chi connectivity index (χ3n) is 6.27. The number of hydrogen-bond donors (Lipinski definition) is 2. The largest absolute Gasteiger partial charge is 0.474 e. The zero-order valence-electron chi connectivity index (χ0n) is 19.0. The number of thioether (sulfide) groups is 1. The summed E-state index contributed by atoms with van der Waals surface area (Å²) < 4.78 is 61.6. The van der Waals surface area contributed by atoms with Crippen molar-refractivity contribution in [3.05, 3.63) is 47.8 Å². The van der Waals surface area contributed by atoms with Gasteiger partial charge in [0.2, 0.25) is 5.88 Å². The van der Waals surface area contributed by atoms with Crippen molar-refractivity contribution >= 4 is 39.5 Å². The zero-order valence-corrected chi connectivity index (χ0v) is 19.8. The molecule has 3 aromatic rings. The highest BCUT2D eigenvalue weighted by Gasteiger charge is 2.71. The third kappa shape index (κ3) is 3.93. The first kappa shape index (κ1) is 23.6. The van der Waals surface area contributed by atoms with Crippen LogP contribution in [-0.4, -0.2) is 37.4 Å². The van der Waals surface area contributed by atoms with Gasteiger partial charge in [0.25, 0.3) is 6.43 Å². The average Bonchev–Trinajstić information content (AvgIpc) is 3.52. The molecule has 2 aromatic heterocycles. The normalized spacial score (nSPS) is 25.5. The number of aromatic nitrogens is 3. The highest BCUT2D eigenvalue weighted by Crippen LogP contribution is 2.68. The second-order valence-electron chi connectivity index (χ2n) is 9.06. The number of ether oxygens (including phenoxy) is 1. The van der Waals surface area contributed by atoms with E-state index in [0.717, 1.165) is 17.8 Å². The number of nitrogens with one attached hydrogen (secondary N) is 1. The van der Waals surface area contributed by atoms with Crippen LogP contribution in [0.3, 0.4) is 0 Å². The first-order valence-electron chi connectivity index (χ1n) is 10.9. The van der Waals surface area contributed by atoms with Crippen LogP contribution in [0.2, 0.25) is 0 Å². The Hall–Kier alpha value is -3.15. The maximum absolute atomic E-state index is 15.0. The molecule has 35 heavy (non-hydrogen) atoms. The molecule has 1 aliphatic heterocycles. The lowest BCUT2D eigenvalue weighted by atomic mass is 9.85. The summed E-state index contributed by atoms with van der Waals surface area (Å²) in [6, 6.07) is 3.96. The van der Waals surface area contributed by atoms with E-state index < -0.39 is 34.3 Å². The van der Waals surface area contributed by atoms with Gasteiger partial charge < -0.3 is 15.8 Å². The second-order valence-corrected chi connectivity index (χ2v) is 10.4. The van der Waals surface area contributed by atoms with Gasteiger partial charge in [-0.05, 0) is 39.3 Å². The summed E-state index contributed by atoms with van der Waals surface area (Å²) in [6.45, 7) is 5.23. The number of hydrogen-bond acceptors (Lipinski definition) is 8. The van der Waals surface area contributed by atoms with Crippen molar-refractivity contribution in [1.29, 1.82) is 0 Å². The van der Waals surface area contributed by atoms with Gasteiger partial charge in [0, 0.05) is 29.4 Å². The van der Waals surface area contributed by atoms with Crippen LogP contribution in [0.1, 0.15) is 32.8 Å². The van der Waals surface area contributed by atoms with Crippen LogP contribution in [0, 0.1) is 17.6 Å². The number of aliphatic imine (C=N–C) groups is 1. The Morgan fingerprint density at radius 2 is 2.00 bits per heavy atom. The molecule has 1 fully saturated rings. The van der Waals surface area contributed by atoms with E-state index in [9.17, 15) is 13.2 Å². The van der Waals surface area contributed by atoms with Crippen molar-refractivity contribution in [3.8, 4) is 5.88 Å². The maximum Gasteiger partial charge on any atom is 0.253 e. The summed E-state index contributed by atoms with van der Waals surface area (Å²) in [5.41, 5.74) is 5.26. The number of halogens is 4. The topological polar surface area (TPSA) is 98.3 Å². The summed E-state index contributed by atoms with van der Waals surface area (Å²) in [5, 5.41) is 2.87. The van der Waals surface area contributed by atoms with Crippen molar-refractivity contribution in [3.63, 3.8) is 0 Å². The molecule has 0 radical (unpaired) electrons. The van der Waals surface area contributed by atoms with Gasteiger partial charge in [-0.2, -0.15) is 0 Å². The maximum atomic E-state index is 15.0. The standard InChI is InChI=1S/C23H22F4N6OS/c1-10(2)34-16-9-30-18-14(32-16)4-5-29-19(18)31-11-6-12(17(25)13(24)7-11)22(3)15-8-23(15,20(26)27)35-21(28)33-22/h4-7,9-10,15,20H,8H2,1-3H3,(H2,28,33)(H,29,31)/t15-,22+,23-/m0/s1. The molecule has 2 aliphatic rings. The molecule has 184 valence electrons. The van der Waals surface area contributed by atoms with Gasteiger partial charge in [0.15, 0.2) is 22.6 Å². The predicted octanol–water partition coefficient (Wildman–Crippen LogP) is 5.13. The van der Waals surface area contributed by atoms with Crippen LogP contribution in [0.5, 0.6) is 5.88 Å². The molecule has 1 aromatic carbocycles.